The molecule has 10 heteroatoms. The molecule has 0 atom stereocenters. The summed E-state index contributed by atoms with van der Waals surface area (Å²) < 4.78 is 34.9. The van der Waals surface area contributed by atoms with Crippen molar-refractivity contribution < 1.29 is 33.2 Å². The van der Waals surface area contributed by atoms with Crippen LogP contribution in [0, 0.1) is 0 Å². The van der Waals surface area contributed by atoms with Gasteiger partial charge in [0.15, 0.2) is 11.5 Å². The third kappa shape index (κ3) is 7.12. The van der Waals surface area contributed by atoms with Crippen LogP contribution in [0.1, 0.15) is 21.5 Å². The fourth-order valence-electron chi connectivity index (χ4n) is 5.36. The number of hydrogen-bond acceptors (Lipinski definition) is 8. The maximum absolute atomic E-state index is 13.2. The molecule has 1 aromatic heterocycles. The third-order valence-electron chi connectivity index (χ3n) is 7.80. The molecule has 0 spiro atoms. The van der Waals surface area contributed by atoms with Gasteiger partial charge in [0.05, 0.1) is 53.7 Å². The third-order valence-corrected chi connectivity index (χ3v) is 7.80. The van der Waals surface area contributed by atoms with Gasteiger partial charge in [0, 0.05) is 36.3 Å². The maximum atomic E-state index is 13.2. The van der Waals surface area contributed by atoms with E-state index in [-0.39, 0.29) is 5.91 Å². The number of imidazole rings is 1. The van der Waals surface area contributed by atoms with Gasteiger partial charge in [-0.2, -0.15) is 0 Å². The predicted octanol–water partition coefficient (Wildman–Crippen LogP) is 5.97. The number of benzene rings is 4. The Morgan fingerprint density at radius 1 is 0.652 bits per heavy atom. The second-order valence-electron chi connectivity index (χ2n) is 10.6. The normalized spacial score (nSPS) is 10.8. The second-order valence-corrected chi connectivity index (χ2v) is 10.6. The summed E-state index contributed by atoms with van der Waals surface area (Å²) in [5.41, 5.74) is 5.04. The average molecular weight is 626 g/mol. The summed E-state index contributed by atoms with van der Waals surface area (Å²) in [6.07, 6.45) is 1.32. The number of rotatable bonds is 14. The van der Waals surface area contributed by atoms with E-state index in [2.05, 4.69) is 9.88 Å². The number of nitrogens with zero attached hydrogens (tertiary/aromatic N) is 2. The number of nitrogens with one attached hydrogen (secondary N) is 1. The van der Waals surface area contributed by atoms with E-state index in [0.29, 0.717) is 71.5 Å². The van der Waals surface area contributed by atoms with E-state index < -0.39 is 0 Å². The van der Waals surface area contributed by atoms with E-state index >= 15 is 0 Å². The fraction of sp³-hybridized carbons (Fsp3) is 0.278. The van der Waals surface area contributed by atoms with Crippen LogP contribution in [0.4, 0.5) is 0 Å². The zero-order valence-electron chi connectivity index (χ0n) is 27.0. The van der Waals surface area contributed by atoms with E-state index in [1.54, 1.807) is 42.7 Å². The molecule has 0 aliphatic heterocycles. The molecule has 4 aromatic carbocycles. The van der Waals surface area contributed by atoms with Crippen molar-refractivity contribution in [3.63, 3.8) is 0 Å². The van der Waals surface area contributed by atoms with Crippen molar-refractivity contribution in [3.8, 4) is 45.9 Å². The zero-order chi connectivity index (χ0) is 32.6. The molecule has 0 saturated carbocycles. The standard InChI is InChI=1S/C36H39N3O7/c1-41-27-15-24(16-28(21-27)42-2)11-13-37-36(40)25-8-9-32-31(20-25)38-35(26-18-29(43-3)22-30(19-26)44-4)39(32)14-12-23-7-10-33(45-5)34(17-23)46-6/h7-10,15-22H,11-14H2,1-6H3,(H,37,40). The molecule has 240 valence electrons. The van der Waals surface area contributed by atoms with Gasteiger partial charge in [-0.25, -0.2) is 4.98 Å². The molecule has 0 radical (unpaired) electrons. The number of ether oxygens (including phenoxy) is 6. The quantitative estimate of drug-likeness (QED) is 0.161. The molecular weight excluding hydrogens is 586 g/mol. The van der Waals surface area contributed by atoms with Crippen LogP contribution in [0.15, 0.2) is 72.8 Å². The Bertz CT molecular complexity index is 1790. The Hall–Kier alpha value is -5.38. The molecule has 5 rings (SSSR count). The van der Waals surface area contributed by atoms with Crippen LogP contribution in [0.3, 0.4) is 0 Å². The highest BCUT2D eigenvalue weighted by Crippen LogP contribution is 2.33. The molecule has 0 aliphatic rings. The first-order chi connectivity index (χ1) is 22.4. The topological polar surface area (TPSA) is 102 Å². The second kappa shape index (κ2) is 14.6. The minimum atomic E-state index is -0.179. The Labute approximate surface area is 268 Å². The molecule has 1 heterocycles. The molecule has 0 unspecified atom stereocenters. The van der Waals surface area contributed by atoms with Crippen molar-refractivity contribution in [2.45, 2.75) is 19.4 Å². The van der Waals surface area contributed by atoms with Crippen molar-refractivity contribution in [2.75, 3.05) is 49.2 Å². The van der Waals surface area contributed by atoms with Gasteiger partial charge in [-0.05, 0) is 78.6 Å². The predicted molar refractivity (Wildman–Crippen MR) is 177 cm³/mol. The Kier molecular flexibility index (Phi) is 10.2. The zero-order valence-corrected chi connectivity index (χ0v) is 27.0. The lowest BCUT2D eigenvalue weighted by Gasteiger charge is -2.13. The SMILES string of the molecule is COc1cc(CCNC(=O)c2ccc3c(c2)nc(-c2cc(OC)cc(OC)c2)n3CCc2ccc(OC)c(OC)c2)cc(OC)c1. The van der Waals surface area contributed by atoms with Crippen molar-refractivity contribution in [1.29, 1.82) is 0 Å². The summed E-state index contributed by atoms with van der Waals surface area (Å²) in [4.78, 5) is 18.2. The van der Waals surface area contributed by atoms with Crippen LogP contribution < -0.4 is 33.7 Å². The summed E-state index contributed by atoms with van der Waals surface area (Å²) in [6, 6.07) is 22.9. The molecule has 0 fully saturated rings. The van der Waals surface area contributed by atoms with Crippen LogP contribution in [-0.2, 0) is 19.4 Å². The van der Waals surface area contributed by atoms with Gasteiger partial charge < -0.3 is 38.3 Å². The summed E-state index contributed by atoms with van der Waals surface area (Å²) >= 11 is 0. The van der Waals surface area contributed by atoms with Crippen molar-refractivity contribution >= 4 is 16.9 Å². The van der Waals surface area contributed by atoms with Gasteiger partial charge in [-0.3, -0.25) is 4.79 Å². The smallest absolute Gasteiger partial charge is 0.251 e. The van der Waals surface area contributed by atoms with Gasteiger partial charge in [0.1, 0.15) is 28.8 Å². The van der Waals surface area contributed by atoms with E-state index in [1.807, 2.05) is 72.8 Å². The van der Waals surface area contributed by atoms with Gasteiger partial charge in [0.25, 0.3) is 5.91 Å². The van der Waals surface area contributed by atoms with Crippen LogP contribution >= 0.6 is 0 Å². The monoisotopic (exact) mass is 625 g/mol. The van der Waals surface area contributed by atoms with Gasteiger partial charge >= 0.3 is 0 Å². The number of hydrogen-bond donors (Lipinski definition) is 1. The first-order valence-corrected chi connectivity index (χ1v) is 14.8. The van der Waals surface area contributed by atoms with Crippen LogP contribution in [-0.4, -0.2) is 64.7 Å². The van der Waals surface area contributed by atoms with Gasteiger partial charge in [0.2, 0.25) is 0 Å². The molecule has 0 bridgehead atoms. The van der Waals surface area contributed by atoms with Crippen LogP contribution in [0.5, 0.6) is 34.5 Å². The summed E-state index contributed by atoms with van der Waals surface area (Å²) in [5, 5.41) is 3.03. The summed E-state index contributed by atoms with van der Waals surface area (Å²) in [5.74, 6) is 4.63. The number of carbonyl (C=O) groups is 1. The summed E-state index contributed by atoms with van der Waals surface area (Å²) in [7, 11) is 9.72. The minimum absolute atomic E-state index is 0.179. The number of aryl methyl sites for hydroxylation is 2. The number of aromatic nitrogens is 2. The molecule has 1 N–H and O–H groups in total. The minimum Gasteiger partial charge on any atom is -0.497 e. The van der Waals surface area contributed by atoms with E-state index in [1.165, 1.54) is 0 Å². The highest BCUT2D eigenvalue weighted by atomic mass is 16.5. The van der Waals surface area contributed by atoms with E-state index in [4.69, 9.17) is 33.4 Å². The lowest BCUT2D eigenvalue weighted by atomic mass is 10.1. The molecule has 10 nitrogen and oxygen atoms in total. The number of fused-ring (bicyclic) bond motifs is 1. The Morgan fingerprint density at radius 2 is 1.28 bits per heavy atom. The molecule has 0 saturated heterocycles. The summed E-state index contributed by atoms with van der Waals surface area (Å²) in [6.45, 7) is 1.07. The van der Waals surface area contributed by atoms with Gasteiger partial charge in [-0.15, -0.1) is 0 Å². The Balaban J connectivity index is 1.43. The first kappa shape index (κ1) is 32.0. The number of carbonyl (C=O) groups excluding carboxylic acids is 1. The molecule has 46 heavy (non-hydrogen) atoms. The van der Waals surface area contributed by atoms with Crippen LogP contribution in [0.2, 0.25) is 0 Å². The van der Waals surface area contributed by atoms with Crippen molar-refractivity contribution in [2.24, 2.45) is 0 Å². The average Bonchev–Trinajstić information content (AvgIpc) is 3.47. The lowest BCUT2D eigenvalue weighted by molar-refractivity contribution is 0.0954. The van der Waals surface area contributed by atoms with E-state index in [9.17, 15) is 4.79 Å². The fourth-order valence-corrected chi connectivity index (χ4v) is 5.36. The van der Waals surface area contributed by atoms with Crippen molar-refractivity contribution in [3.05, 3.63) is 89.5 Å². The molecule has 1 amide bonds. The highest BCUT2D eigenvalue weighted by Gasteiger charge is 2.17. The highest BCUT2D eigenvalue weighted by molar-refractivity contribution is 5.98. The molecule has 5 aromatic rings. The first-order valence-electron chi connectivity index (χ1n) is 14.8. The van der Waals surface area contributed by atoms with Gasteiger partial charge in [-0.1, -0.05) is 6.07 Å². The lowest BCUT2D eigenvalue weighted by Crippen LogP contribution is -2.25. The largest absolute Gasteiger partial charge is 0.497 e. The molecule has 0 aliphatic carbocycles. The van der Waals surface area contributed by atoms with Crippen LogP contribution in [0.25, 0.3) is 22.4 Å². The number of amides is 1. The van der Waals surface area contributed by atoms with E-state index in [0.717, 1.165) is 28.0 Å². The number of methoxy groups -OCH3 is 6. The van der Waals surface area contributed by atoms with Crippen molar-refractivity contribution in [1.82, 2.24) is 14.9 Å². The molecular formula is C36H39N3O7. The Morgan fingerprint density at radius 3 is 1.89 bits per heavy atom. The maximum Gasteiger partial charge on any atom is 0.251 e.